The molecule has 3 rings (SSSR count). The first kappa shape index (κ1) is 14.0. The Morgan fingerprint density at radius 2 is 2.19 bits per heavy atom. The number of carbonyl (C=O) groups is 1. The summed E-state index contributed by atoms with van der Waals surface area (Å²) in [7, 11) is 0. The van der Waals surface area contributed by atoms with Crippen LogP contribution in [0.5, 0.6) is 0 Å². The van der Waals surface area contributed by atoms with E-state index >= 15 is 0 Å². The first-order chi connectivity index (χ1) is 10.2. The number of fused-ring (bicyclic) bond motifs is 1. The second-order valence-corrected chi connectivity index (χ2v) is 5.65. The van der Waals surface area contributed by atoms with E-state index in [0.717, 1.165) is 24.9 Å². The number of hydrogen-bond donors (Lipinski definition) is 0. The number of benzene rings is 1. The zero-order valence-corrected chi connectivity index (χ0v) is 12.6. The van der Waals surface area contributed by atoms with Gasteiger partial charge in [-0.3, -0.25) is 4.79 Å². The van der Waals surface area contributed by atoms with Crippen molar-refractivity contribution in [2.75, 3.05) is 11.4 Å². The summed E-state index contributed by atoms with van der Waals surface area (Å²) >= 11 is 6.11. The molecule has 0 spiro atoms. The molecule has 0 aliphatic carbocycles. The normalized spacial score (nSPS) is 14.5. The molecule has 108 valence electrons. The lowest BCUT2D eigenvalue weighted by Crippen LogP contribution is -2.32. The summed E-state index contributed by atoms with van der Waals surface area (Å²) in [6, 6.07) is 5.77. The second kappa shape index (κ2) is 5.82. The molecule has 0 fully saturated rings. The van der Waals surface area contributed by atoms with Gasteiger partial charge in [0.05, 0.1) is 11.3 Å². The molecule has 2 heterocycles. The van der Waals surface area contributed by atoms with Gasteiger partial charge in [-0.25, -0.2) is 9.97 Å². The SMILES string of the molecule is Cc1ncncc1C(=O)N1CCCCc2ccc(Cl)cc21. The molecule has 1 amide bonds. The minimum absolute atomic E-state index is 0.0569. The van der Waals surface area contributed by atoms with Crippen LogP contribution >= 0.6 is 11.6 Å². The number of nitrogens with zero attached hydrogens (tertiary/aromatic N) is 3. The zero-order valence-electron chi connectivity index (χ0n) is 11.8. The van der Waals surface area contributed by atoms with Crippen molar-refractivity contribution in [1.29, 1.82) is 0 Å². The maximum atomic E-state index is 12.9. The number of carbonyl (C=O) groups excluding carboxylic acids is 1. The number of anilines is 1. The van der Waals surface area contributed by atoms with Crippen LogP contribution in [0.1, 0.15) is 34.5 Å². The largest absolute Gasteiger partial charge is 0.308 e. The van der Waals surface area contributed by atoms with Crippen molar-refractivity contribution >= 4 is 23.2 Å². The van der Waals surface area contributed by atoms with Crippen molar-refractivity contribution in [3.05, 3.63) is 52.6 Å². The molecule has 0 bridgehead atoms. The van der Waals surface area contributed by atoms with Crippen LogP contribution in [0.2, 0.25) is 5.02 Å². The van der Waals surface area contributed by atoms with E-state index in [-0.39, 0.29) is 5.91 Å². The lowest BCUT2D eigenvalue weighted by molar-refractivity contribution is 0.0985. The van der Waals surface area contributed by atoms with E-state index in [4.69, 9.17) is 11.6 Å². The first-order valence-corrected chi connectivity index (χ1v) is 7.41. The van der Waals surface area contributed by atoms with Gasteiger partial charge in [0, 0.05) is 23.5 Å². The van der Waals surface area contributed by atoms with Gasteiger partial charge >= 0.3 is 0 Å². The van der Waals surface area contributed by atoms with Crippen LogP contribution in [0.25, 0.3) is 0 Å². The third-order valence-electron chi connectivity index (χ3n) is 3.80. The number of aromatic nitrogens is 2. The van der Waals surface area contributed by atoms with E-state index in [0.29, 0.717) is 22.8 Å². The Bertz CT molecular complexity index is 687. The molecule has 4 nitrogen and oxygen atoms in total. The van der Waals surface area contributed by atoms with Crippen LogP contribution in [-0.4, -0.2) is 22.4 Å². The molecule has 2 aromatic rings. The van der Waals surface area contributed by atoms with Crippen LogP contribution in [0, 0.1) is 6.92 Å². The maximum Gasteiger partial charge on any atom is 0.261 e. The number of aryl methyl sites for hydroxylation is 2. The van der Waals surface area contributed by atoms with Crippen molar-refractivity contribution in [2.24, 2.45) is 0 Å². The summed E-state index contributed by atoms with van der Waals surface area (Å²) in [6.07, 6.45) is 6.06. The third-order valence-corrected chi connectivity index (χ3v) is 4.04. The van der Waals surface area contributed by atoms with E-state index in [9.17, 15) is 4.79 Å². The Labute approximate surface area is 128 Å². The molecule has 0 saturated carbocycles. The van der Waals surface area contributed by atoms with E-state index < -0.39 is 0 Å². The molecule has 1 aromatic carbocycles. The van der Waals surface area contributed by atoms with E-state index in [1.807, 2.05) is 25.1 Å². The topological polar surface area (TPSA) is 46.1 Å². The van der Waals surface area contributed by atoms with Crippen LogP contribution in [-0.2, 0) is 6.42 Å². The van der Waals surface area contributed by atoms with Gasteiger partial charge in [-0.1, -0.05) is 17.7 Å². The zero-order chi connectivity index (χ0) is 14.8. The van der Waals surface area contributed by atoms with Gasteiger partial charge in [-0.2, -0.15) is 0 Å². The highest BCUT2D eigenvalue weighted by atomic mass is 35.5. The quantitative estimate of drug-likeness (QED) is 0.811. The van der Waals surface area contributed by atoms with E-state index in [2.05, 4.69) is 9.97 Å². The molecule has 0 atom stereocenters. The fraction of sp³-hybridized carbons (Fsp3) is 0.312. The standard InChI is InChI=1S/C16H16ClN3O/c1-11-14(9-18-10-19-11)16(21)20-7-3-2-4-12-5-6-13(17)8-15(12)20/h5-6,8-10H,2-4,7H2,1H3. The number of hydrogen-bond acceptors (Lipinski definition) is 3. The smallest absolute Gasteiger partial charge is 0.261 e. The Morgan fingerprint density at radius 3 is 3.00 bits per heavy atom. The Kier molecular flexibility index (Phi) is 3.88. The van der Waals surface area contributed by atoms with Crippen LogP contribution < -0.4 is 4.90 Å². The second-order valence-electron chi connectivity index (χ2n) is 5.21. The average molecular weight is 302 g/mol. The summed E-state index contributed by atoms with van der Waals surface area (Å²) < 4.78 is 0. The third kappa shape index (κ3) is 2.76. The molecule has 5 heteroatoms. The molecule has 1 aliphatic rings. The monoisotopic (exact) mass is 301 g/mol. The highest BCUT2D eigenvalue weighted by Crippen LogP contribution is 2.30. The fourth-order valence-corrected chi connectivity index (χ4v) is 2.83. The maximum absolute atomic E-state index is 12.9. The summed E-state index contributed by atoms with van der Waals surface area (Å²) in [5.41, 5.74) is 3.32. The van der Waals surface area contributed by atoms with Gasteiger partial charge in [0.2, 0.25) is 0 Å². The van der Waals surface area contributed by atoms with Gasteiger partial charge in [0.1, 0.15) is 6.33 Å². The summed E-state index contributed by atoms with van der Waals surface area (Å²) in [4.78, 5) is 22.7. The minimum atomic E-state index is -0.0569. The molecular weight excluding hydrogens is 286 g/mol. The molecule has 21 heavy (non-hydrogen) atoms. The Hall–Kier alpha value is -1.94. The van der Waals surface area contributed by atoms with Crippen LogP contribution in [0.4, 0.5) is 5.69 Å². The highest BCUT2D eigenvalue weighted by molar-refractivity contribution is 6.31. The molecule has 0 N–H and O–H groups in total. The van der Waals surface area contributed by atoms with Crippen molar-refractivity contribution in [3.8, 4) is 0 Å². The summed E-state index contributed by atoms with van der Waals surface area (Å²) in [5.74, 6) is -0.0569. The van der Waals surface area contributed by atoms with Crippen molar-refractivity contribution in [1.82, 2.24) is 9.97 Å². The highest BCUT2D eigenvalue weighted by Gasteiger charge is 2.24. The van der Waals surface area contributed by atoms with Crippen molar-refractivity contribution in [2.45, 2.75) is 26.2 Å². The average Bonchev–Trinajstić information content (AvgIpc) is 2.69. The summed E-state index contributed by atoms with van der Waals surface area (Å²) in [5, 5.41) is 0.648. The molecule has 1 aliphatic heterocycles. The van der Waals surface area contributed by atoms with E-state index in [1.165, 1.54) is 11.9 Å². The van der Waals surface area contributed by atoms with Gasteiger partial charge in [-0.15, -0.1) is 0 Å². The minimum Gasteiger partial charge on any atom is -0.308 e. The van der Waals surface area contributed by atoms with Crippen molar-refractivity contribution < 1.29 is 4.79 Å². The van der Waals surface area contributed by atoms with Crippen LogP contribution in [0.3, 0.4) is 0 Å². The summed E-state index contributed by atoms with van der Waals surface area (Å²) in [6.45, 7) is 2.52. The van der Waals surface area contributed by atoms with Gasteiger partial charge in [-0.05, 0) is 43.9 Å². The molecule has 0 radical (unpaired) electrons. The van der Waals surface area contributed by atoms with Crippen LogP contribution in [0.15, 0.2) is 30.7 Å². The van der Waals surface area contributed by atoms with Crippen molar-refractivity contribution in [3.63, 3.8) is 0 Å². The lowest BCUT2D eigenvalue weighted by Gasteiger charge is -2.23. The number of rotatable bonds is 1. The van der Waals surface area contributed by atoms with Gasteiger partial charge in [0.25, 0.3) is 5.91 Å². The molecule has 0 unspecified atom stereocenters. The van der Waals surface area contributed by atoms with Gasteiger partial charge in [0.15, 0.2) is 0 Å². The molecule has 0 saturated heterocycles. The Morgan fingerprint density at radius 1 is 1.33 bits per heavy atom. The molecule has 1 aromatic heterocycles. The Balaban J connectivity index is 2.04. The molecular formula is C16H16ClN3O. The fourth-order valence-electron chi connectivity index (χ4n) is 2.66. The van der Waals surface area contributed by atoms with Gasteiger partial charge < -0.3 is 4.90 Å². The van der Waals surface area contributed by atoms with E-state index in [1.54, 1.807) is 11.1 Å². The number of amides is 1. The lowest BCUT2D eigenvalue weighted by atomic mass is 10.1. The number of halogens is 1. The predicted molar refractivity (Wildman–Crippen MR) is 82.8 cm³/mol. The first-order valence-electron chi connectivity index (χ1n) is 7.04. The predicted octanol–water partition coefficient (Wildman–Crippen LogP) is 3.42.